The molecule has 1 rings (SSSR count). The Hall–Kier alpha value is -1.44. The Morgan fingerprint density at radius 1 is 1.53 bits per heavy atom. The number of halogens is 1. The van der Waals surface area contributed by atoms with Gasteiger partial charge in [-0.3, -0.25) is 0 Å². The van der Waals surface area contributed by atoms with E-state index in [4.69, 9.17) is 10.5 Å². The lowest BCUT2D eigenvalue weighted by molar-refractivity contribution is 0.182. The van der Waals surface area contributed by atoms with Crippen molar-refractivity contribution in [2.45, 2.75) is 4.90 Å². The fourth-order valence-corrected chi connectivity index (χ4v) is 3.04. The Morgan fingerprint density at radius 2 is 2.21 bits per heavy atom. The van der Waals surface area contributed by atoms with E-state index in [0.29, 0.717) is 0 Å². The van der Waals surface area contributed by atoms with E-state index < -0.39 is 15.8 Å². The molecular formula is C12H17FN2O3S. The number of sulfonamides is 1. The van der Waals surface area contributed by atoms with Gasteiger partial charge >= 0.3 is 0 Å². The van der Waals surface area contributed by atoms with Crippen LogP contribution in [0.2, 0.25) is 0 Å². The molecule has 0 spiro atoms. The highest BCUT2D eigenvalue weighted by Crippen LogP contribution is 2.23. The Kier molecular flexibility index (Phi) is 5.46. The lowest BCUT2D eigenvalue weighted by atomic mass is 10.3. The monoisotopic (exact) mass is 288 g/mol. The second-order valence-electron chi connectivity index (χ2n) is 3.83. The largest absolute Gasteiger partial charge is 0.398 e. The first-order chi connectivity index (χ1) is 8.93. The lowest BCUT2D eigenvalue weighted by Gasteiger charge is -2.21. The number of ether oxygens (including phenoxy) is 1. The first-order valence-corrected chi connectivity index (χ1v) is 7.02. The first-order valence-electron chi connectivity index (χ1n) is 5.58. The third kappa shape index (κ3) is 3.76. The second kappa shape index (κ2) is 6.65. The molecule has 0 radical (unpaired) electrons. The van der Waals surface area contributed by atoms with Crippen molar-refractivity contribution in [1.82, 2.24) is 4.31 Å². The van der Waals surface area contributed by atoms with Gasteiger partial charge in [-0.1, -0.05) is 6.08 Å². The molecule has 0 aliphatic carbocycles. The fraction of sp³-hybridized carbons (Fsp3) is 0.333. The van der Waals surface area contributed by atoms with Gasteiger partial charge in [0.1, 0.15) is 10.7 Å². The molecule has 0 saturated carbocycles. The number of nitrogen functional groups attached to an aromatic ring is 1. The van der Waals surface area contributed by atoms with Crippen LogP contribution in [-0.4, -0.2) is 39.5 Å². The summed E-state index contributed by atoms with van der Waals surface area (Å²) in [5.41, 5.74) is 5.62. The molecule has 0 saturated heterocycles. The molecule has 0 aliphatic heterocycles. The molecular weight excluding hydrogens is 271 g/mol. The molecule has 0 heterocycles. The van der Waals surface area contributed by atoms with Crippen molar-refractivity contribution in [2.24, 2.45) is 0 Å². The van der Waals surface area contributed by atoms with Crippen LogP contribution >= 0.6 is 0 Å². The van der Waals surface area contributed by atoms with Crippen LogP contribution in [0.4, 0.5) is 10.1 Å². The maximum Gasteiger partial charge on any atom is 0.245 e. The topological polar surface area (TPSA) is 72.6 Å². The van der Waals surface area contributed by atoms with Crippen LogP contribution in [-0.2, 0) is 14.8 Å². The number of nitrogens with two attached hydrogens (primary N) is 1. The molecule has 19 heavy (non-hydrogen) atoms. The van der Waals surface area contributed by atoms with Gasteiger partial charge in [0.25, 0.3) is 0 Å². The Morgan fingerprint density at radius 3 is 2.79 bits per heavy atom. The third-order valence-electron chi connectivity index (χ3n) is 2.47. The van der Waals surface area contributed by atoms with Gasteiger partial charge in [-0.25, -0.2) is 12.8 Å². The summed E-state index contributed by atoms with van der Waals surface area (Å²) in [6.45, 7) is 3.97. The molecule has 0 fully saturated rings. The molecule has 7 heteroatoms. The molecule has 0 amide bonds. The molecule has 106 valence electrons. The van der Waals surface area contributed by atoms with Crippen LogP contribution in [0.15, 0.2) is 35.7 Å². The molecule has 2 N–H and O–H groups in total. The van der Waals surface area contributed by atoms with Gasteiger partial charge in [-0.15, -0.1) is 6.58 Å². The minimum Gasteiger partial charge on any atom is -0.398 e. The quantitative estimate of drug-likeness (QED) is 0.605. The average Bonchev–Trinajstić information content (AvgIpc) is 2.37. The highest BCUT2D eigenvalue weighted by atomic mass is 32.2. The number of methoxy groups -OCH3 is 1. The molecule has 0 atom stereocenters. The summed E-state index contributed by atoms with van der Waals surface area (Å²) in [7, 11) is -2.40. The van der Waals surface area contributed by atoms with Crippen LogP contribution in [0.5, 0.6) is 0 Å². The summed E-state index contributed by atoms with van der Waals surface area (Å²) >= 11 is 0. The summed E-state index contributed by atoms with van der Waals surface area (Å²) in [5, 5.41) is 0. The van der Waals surface area contributed by atoms with E-state index in [-0.39, 0.29) is 30.3 Å². The third-order valence-corrected chi connectivity index (χ3v) is 4.39. The predicted octanol–water partition coefficient (Wildman–Crippen LogP) is 1.23. The van der Waals surface area contributed by atoms with E-state index in [1.165, 1.54) is 19.3 Å². The summed E-state index contributed by atoms with van der Waals surface area (Å²) in [6.07, 6.45) is 1.45. The smallest absolute Gasteiger partial charge is 0.245 e. The number of anilines is 1. The summed E-state index contributed by atoms with van der Waals surface area (Å²) in [4.78, 5) is -0.245. The number of hydrogen-bond acceptors (Lipinski definition) is 4. The molecule has 0 unspecified atom stereocenters. The first kappa shape index (κ1) is 15.6. The van der Waals surface area contributed by atoms with Crippen LogP contribution in [0, 0.1) is 5.82 Å². The van der Waals surface area contributed by atoms with Gasteiger partial charge in [-0.2, -0.15) is 4.31 Å². The fourth-order valence-electron chi connectivity index (χ4n) is 1.52. The van der Waals surface area contributed by atoms with E-state index >= 15 is 0 Å². The zero-order valence-corrected chi connectivity index (χ0v) is 11.5. The van der Waals surface area contributed by atoms with Crippen molar-refractivity contribution in [3.63, 3.8) is 0 Å². The summed E-state index contributed by atoms with van der Waals surface area (Å²) < 4.78 is 43.9. The number of hydrogen-bond donors (Lipinski definition) is 1. The van der Waals surface area contributed by atoms with E-state index in [1.54, 1.807) is 0 Å². The maximum atomic E-state index is 13.2. The molecule has 1 aromatic rings. The van der Waals surface area contributed by atoms with Gasteiger partial charge in [0.05, 0.1) is 12.3 Å². The minimum atomic E-state index is -3.87. The van der Waals surface area contributed by atoms with Gasteiger partial charge in [0, 0.05) is 20.2 Å². The van der Waals surface area contributed by atoms with E-state index in [9.17, 15) is 12.8 Å². The highest BCUT2D eigenvalue weighted by molar-refractivity contribution is 7.89. The molecule has 1 aromatic carbocycles. The SMILES string of the molecule is C=CCN(CCOC)S(=O)(=O)c1cc(F)ccc1N. The second-order valence-corrected chi connectivity index (χ2v) is 5.73. The average molecular weight is 288 g/mol. The van der Waals surface area contributed by atoms with Crippen LogP contribution in [0.1, 0.15) is 0 Å². The van der Waals surface area contributed by atoms with Gasteiger partial charge in [-0.05, 0) is 18.2 Å². The summed E-state index contributed by atoms with van der Waals surface area (Å²) in [5.74, 6) is -0.655. The predicted molar refractivity (Wildman–Crippen MR) is 71.6 cm³/mol. The number of benzene rings is 1. The van der Waals surface area contributed by atoms with Crippen molar-refractivity contribution in [3.8, 4) is 0 Å². The molecule has 0 bridgehead atoms. The molecule has 0 aliphatic rings. The lowest BCUT2D eigenvalue weighted by Crippen LogP contribution is -2.34. The van der Waals surface area contributed by atoms with E-state index in [2.05, 4.69) is 6.58 Å². The maximum absolute atomic E-state index is 13.2. The van der Waals surface area contributed by atoms with Crippen LogP contribution < -0.4 is 5.73 Å². The Labute approximate surface area is 112 Å². The van der Waals surface area contributed by atoms with Crippen molar-refractivity contribution >= 4 is 15.7 Å². The summed E-state index contributed by atoms with van der Waals surface area (Å²) in [6, 6.07) is 3.25. The number of nitrogens with zero attached hydrogens (tertiary/aromatic N) is 1. The van der Waals surface area contributed by atoms with Gasteiger partial charge in [0.15, 0.2) is 0 Å². The Bertz CT molecular complexity index is 546. The van der Waals surface area contributed by atoms with E-state index in [1.807, 2.05) is 0 Å². The number of rotatable bonds is 7. The van der Waals surface area contributed by atoms with Crippen molar-refractivity contribution in [1.29, 1.82) is 0 Å². The minimum absolute atomic E-state index is 0.00730. The van der Waals surface area contributed by atoms with Crippen molar-refractivity contribution < 1.29 is 17.5 Å². The van der Waals surface area contributed by atoms with Gasteiger partial charge in [0.2, 0.25) is 10.0 Å². The highest BCUT2D eigenvalue weighted by Gasteiger charge is 2.25. The zero-order valence-electron chi connectivity index (χ0n) is 10.7. The van der Waals surface area contributed by atoms with Gasteiger partial charge < -0.3 is 10.5 Å². The van der Waals surface area contributed by atoms with E-state index in [0.717, 1.165) is 16.4 Å². The zero-order chi connectivity index (χ0) is 14.5. The normalized spacial score (nSPS) is 11.7. The van der Waals surface area contributed by atoms with Crippen molar-refractivity contribution in [2.75, 3.05) is 32.5 Å². The molecule has 5 nitrogen and oxygen atoms in total. The van der Waals surface area contributed by atoms with Crippen LogP contribution in [0.3, 0.4) is 0 Å². The van der Waals surface area contributed by atoms with Crippen LogP contribution in [0.25, 0.3) is 0 Å². The van der Waals surface area contributed by atoms with Crippen molar-refractivity contribution in [3.05, 3.63) is 36.7 Å². The molecule has 0 aromatic heterocycles. The standard InChI is InChI=1S/C12H17FN2O3S/c1-3-6-15(7-8-18-2)19(16,17)12-9-10(13)4-5-11(12)14/h3-5,9H,1,6-8,14H2,2H3. The Balaban J connectivity index is 3.18.